The first kappa shape index (κ1) is 50.2. The van der Waals surface area contributed by atoms with E-state index in [0.29, 0.717) is 34.6 Å². The van der Waals surface area contributed by atoms with E-state index in [-0.39, 0.29) is 30.0 Å². The molecule has 2 heterocycles. The lowest BCUT2D eigenvalue weighted by Gasteiger charge is -2.25. The van der Waals surface area contributed by atoms with Gasteiger partial charge in [0.2, 0.25) is 0 Å². The van der Waals surface area contributed by atoms with E-state index in [9.17, 15) is 38.2 Å². The van der Waals surface area contributed by atoms with Gasteiger partial charge in [0.05, 0.1) is 24.0 Å². The summed E-state index contributed by atoms with van der Waals surface area (Å²) in [6, 6.07) is 11.5. The van der Waals surface area contributed by atoms with Crippen molar-refractivity contribution in [3.05, 3.63) is 75.6 Å². The Balaban J connectivity index is 1.25. The van der Waals surface area contributed by atoms with Crippen LogP contribution in [0.15, 0.2) is 51.9 Å². The second kappa shape index (κ2) is 20.6. The predicted octanol–water partition coefficient (Wildman–Crippen LogP) is 5.92. The van der Waals surface area contributed by atoms with Crippen LogP contribution in [0.3, 0.4) is 0 Å². The third kappa shape index (κ3) is 13.4. The highest BCUT2D eigenvalue weighted by atomic mass is 33.1. The predicted molar refractivity (Wildman–Crippen MR) is 232 cm³/mol. The number of hydrogen-bond acceptors (Lipinski definition) is 15. The van der Waals surface area contributed by atoms with Crippen LogP contribution >= 0.6 is 45.1 Å². The van der Waals surface area contributed by atoms with Gasteiger partial charge in [0.25, 0.3) is 5.91 Å². The zero-order valence-electron chi connectivity index (χ0n) is 34.6. The fraction of sp³-hybridized carbons (Fsp3) is 0.447. The number of carbonyl (C=O) groups excluding carboxylic acids is 2. The highest BCUT2D eigenvalue weighted by Crippen LogP contribution is 2.66. The van der Waals surface area contributed by atoms with Gasteiger partial charge in [0.1, 0.15) is 31.2 Å². The molecule has 18 nitrogen and oxygen atoms in total. The number of carbonyl (C=O) groups is 2. The number of nitrogens with one attached hydrogen (secondary N) is 1. The summed E-state index contributed by atoms with van der Waals surface area (Å²) >= 11 is 0. The van der Waals surface area contributed by atoms with Crippen LogP contribution < -0.4 is 15.8 Å². The van der Waals surface area contributed by atoms with E-state index in [1.54, 1.807) is 12.1 Å². The van der Waals surface area contributed by atoms with Crippen LogP contribution in [-0.2, 0) is 42.7 Å². The highest BCUT2D eigenvalue weighted by Gasteiger charge is 2.42. The number of carboxylic acid groups (broad SMARTS) is 1. The summed E-state index contributed by atoms with van der Waals surface area (Å²) in [6.07, 6.45) is 0.107. The van der Waals surface area contributed by atoms with Gasteiger partial charge in [-0.25, -0.2) is 13.7 Å². The minimum Gasteiger partial charge on any atom is -0.545 e. The Bertz CT molecular complexity index is 2500. The molecule has 62 heavy (non-hydrogen) atoms. The SMILES string of the molecule is [B][C@H]1CC(OCSSC(C)(C)CNC(=O)c2ccc(-c3c4cc(C)c(=NCC)cc-4oc4cc(CCC)c(C)cc34)c(C(=O)[O-])c2)[C@@H](COP(=O)(O)OP(=O)(O)OP(=O)(O)O)O1. The third-order valence-electron chi connectivity index (χ3n) is 9.45. The van der Waals surface area contributed by atoms with Crippen LogP contribution in [0.2, 0.25) is 0 Å². The molecule has 0 aromatic heterocycles. The average molecular weight is 956 g/mol. The monoisotopic (exact) mass is 955 g/mol. The van der Waals surface area contributed by atoms with E-state index < -0.39 is 64.9 Å². The molecule has 5 rings (SSSR count). The van der Waals surface area contributed by atoms with E-state index in [1.807, 2.05) is 58.9 Å². The van der Waals surface area contributed by atoms with E-state index in [0.717, 1.165) is 40.3 Å². The average Bonchev–Trinajstić information content (AvgIpc) is 3.52. The van der Waals surface area contributed by atoms with Crippen LogP contribution in [0.25, 0.3) is 33.4 Å². The molecule has 5 N–H and O–H groups in total. The Morgan fingerprint density at radius 1 is 1.00 bits per heavy atom. The molecular weight excluding hydrogens is 908 g/mol. The number of phosphoric ester groups is 1. The quantitative estimate of drug-likeness (QED) is 0.0172. The molecule has 2 radical (unpaired) electrons. The van der Waals surface area contributed by atoms with Crippen molar-refractivity contribution in [2.45, 2.75) is 83.8 Å². The number of nitrogens with zero attached hydrogens (tertiary/aromatic N) is 1. The summed E-state index contributed by atoms with van der Waals surface area (Å²) in [7, 11) is -8.15. The number of benzene rings is 3. The van der Waals surface area contributed by atoms with Crippen molar-refractivity contribution >= 4 is 75.7 Å². The van der Waals surface area contributed by atoms with E-state index in [2.05, 4.69) is 30.4 Å². The summed E-state index contributed by atoms with van der Waals surface area (Å²) in [5.41, 5.74) is 5.27. The Labute approximate surface area is 367 Å². The van der Waals surface area contributed by atoms with E-state index in [1.165, 1.54) is 27.7 Å². The molecule has 1 aliphatic carbocycles. The van der Waals surface area contributed by atoms with Crippen LogP contribution in [0.4, 0.5) is 0 Å². The Hall–Kier alpha value is -2.84. The van der Waals surface area contributed by atoms with Gasteiger partial charge in [0, 0.05) is 57.5 Å². The minimum absolute atomic E-state index is 0.0504. The molecule has 2 aliphatic heterocycles. The molecule has 1 fully saturated rings. The number of ether oxygens (including phenoxy) is 2. The van der Waals surface area contributed by atoms with Gasteiger partial charge >= 0.3 is 23.5 Å². The number of rotatable bonds is 20. The number of aromatic carboxylic acids is 1. The number of amides is 1. The first-order valence-electron chi connectivity index (χ1n) is 19.2. The standard InChI is InChI=1S/C38H48BN2O16P3S2/c1-7-9-23-15-30-27(12-21(23)3)35(28-13-22(4)29(40-8-2)16-31(28)54-30)25-11-10-24(14-26(25)37(43)44)36(42)41-19-38(5,6)62-61-20-52-32-17-34(39)55-33(32)18-53-59(48,49)57-60(50,51)56-58(45,46)47/h10-16,32-34H,7-9,17-20H2,1-6H3,(H,41,42)(H,43,44)(H,48,49)(H,50,51)(H2,45,46,47)/p-1/t32?,33-,34-/m1/s1. The summed E-state index contributed by atoms with van der Waals surface area (Å²) in [5, 5.41) is 17.2. The normalized spacial score (nSPS) is 19.5. The van der Waals surface area contributed by atoms with Gasteiger partial charge in [-0.15, -0.1) is 0 Å². The van der Waals surface area contributed by atoms with Gasteiger partial charge in [-0.05, 0) is 100 Å². The molecule has 2 aromatic carbocycles. The first-order chi connectivity index (χ1) is 28.9. The Morgan fingerprint density at radius 2 is 1.73 bits per heavy atom. The number of phosphoric acid groups is 3. The Kier molecular flexibility index (Phi) is 16.6. The Morgan fingerprint density at radius 3 is 2.39 bits per heavy atom. The van der Waals surface area contributed by atoms with Gasteiger partial charge < -0.3 is 48.7 Å². The van der Waals surface area contributed by atoms with Crippen LogP contribution in [0.5, 0.6) is 0 Å². The van der Waals surface area contributed by atoms with Crippen molar-refractivity contribution in [2.24, 2.45) is 4.99 Å². The van der Waals surface area contributed by atoms with E-state index in [4.69, 9.17) is 31.5 Å². The smallest absolute Gasteiger partial charge is 0.490 e. The minimum atomic E-state index is -5.70. The summed E-state index contributed by atoms with van der Waals surface area (Å²) in [4.78, 5) is 67.5. The van der Waals surface area contributed by atoms with Crippen LogP contribution in [0.1, 0.15) is 77.9 Å². The van der Waals surface area contributed by atoms with Crippen molar-refractivity contribution in [3.8, 4) is 22.5 Å². The van der Waals surface area contributed by atoms with Crippen molar-refractivity contribution in [2.75, 3.05) is 25.6 Å². The summed E-state index contributed by atoms with van der Waals surface area (Å²) in [5.74, 6) is -1.38. The molecule has 336 valence electrons. The van der Waals surface area contributed by atoms with Crippen LogP contribution in [0, 0.1) is 13.8 Å². The zero-order valence-corrected chi connectivity index (χ0v) is 38.9. The van der Waals surface area contributed by atoms with Crippen molar-refractivity contribution in [3.63, 3.8) is 0 Å². The molecule has 24 heteroatoms. The maximum absolute atomic E-state index is 13.5. The number of aryl methyl sites for hydroxylation is 3. The molecule has 1 amide bonds. The number of hydrogen-bond donors (Lipinski definition) is 5. The molecule has 3 aliphatic rings. The van der Waals surface area contributed by atoms with E-state index >= 15 is 0 Å². The molecule has 3 unspecified atom stereocenters. The second-order valence-electron chi connectivity index (χ2n) is 15.0. The zero-order chi connectivity index (χ0) is 45.8. The maximum Gasteiger partial charge on any atom is 0.490 e. The fourth-order valence-electron chi connectivity index (χ4n) is 6.74. The highest BCUT2D eigenvalue weighted by molar-refractivity contribution is 8.77. The molecule has 1 saturated heterocycles. The van der Waals surface area contributed by atoms with Crippen molar-refractivity contribution in [1.82, 2.24) is 5.32 Å². The van der Waals surface area contributed by atoms with Gasteiger partial charge in [-0.3, -0.25) is 14.3 Å². The molecule has 0 bridgehead atoms. The lowest BCUT2D eigenvalue weighted by Crippen LogP contribution is -2.36. The van der Waals surface area contributed by atoms with Gasteiger partial charge in [-0.1, -0.05) is 41.0 Å². The van der Waals surface area contributed by atoms with Crippen LogP contribution in [-0.4, -0.2) is 87.9 Å². The van der Waals surface area contributed by atoms with Gasteiger partial charge in [-0.2, -0.15) is 8.62 Å². The first-order valence-corrected chi connectivity index (χ1v) is 26.0. The molecule has 5 atom stereocenters. The second-order valence-corrected chi connectivity index (χ2v) is 22.3. The lowest BCUT2D eigenvalue weighted by molar-refractivity contribution is -0.255. The largest absolute Gasteiger partial charge is 0.545 e. The third-order valence-corrected chi connectivity index (χ3v) is 16.2. The molecular formula is C38H47BN2O16P3S2-. The lowest BCUT2D eigenvalue weighted by atomic mass is 9.88. The number of carboxylic acids is 1. The van der Waals surface area contributed by atoms with Gasteiger partial charge in [0.15, 0.2) is 0 Å². The summed E-state index contributed by atoms with van der Waals surface area (Å²) < 4.78 is 63.9. The fourth-order valence-corrected chi connectivity index (χ4v) is 11.9. The molecule has 0 saturated carbocycles. The topological polar surface area (TPSA) is 273 Å². The van der Waals surface area contributed by atoms with Crippen molar-refractivity contribution in [1.29, 1.82) is 0 Å². The van der Waals surface area contributed by atoms with Crippen molar-refractivity contribution < 1.29 is 75.0 Å². The molecule has 2 aromatic rings. The summed E-state index contributed by atoms with van der Waals surface area (Å²) in [6.45, 7) is 11.7. The molecule has 0 spiro atoms. The maximum atomic E-state index is 13.5. The number of fused-ring (bicyclic) bond motifs is 2.